The molecule has 1 fully saturated rings. The van der Waals surface area contributed by atoms with Gasteiger partial charge in [0.25, 0.3) is 0 Å². The van der Waals surface area contributed by atoms with Gasteiger partial charge in [0.15, 0.2) is 5.16 Å². The highest BCUT2D eigenvalue weighted by atomic mass is 32.2. The maximum Gasteiger partial charge on any atom is 0.230 e. The van der Waals surface area contributed by atoms with Crippen molar-refractivity contribution in [1.82, 2.24) is 15.3 Å². The molecule has 106 valence electrons. The first kappa shape index (κ1) is 13.6. The molecule has 3 rings (SSSR count). The van der Waals surface area contributed by atoms with Crippen LogP contribution in [0.25, 0.3) is 10.2 Å². The van der Waals surface area contributed by atoms with Gasteiger partial charge in [0.2, 0.25) is 5.91 Å². The smallest absolute Gasteiger partial charge is 0.230 e. The molecule has 3 N–H and O–H groups in total. The highest BCUT2D eigenvalue weighted by Crippen LogP contribution is 2.32. The lowest BCUT2D eigenvalue weighted by Gasteiger charge is -2.12. The molecule has 2 aromatic rings. The summed E-state index contributed by atoms with van der Waals surface area (Å²) in [6, 6.07) is 2.18. The quantitative estimate of drug-likeness (QED) is 0.654. The van der Waals surface area contributed by atoms with E-state index in [-0.39, 0.29) is 11.9 Å². The number of carbonyl (C=O) groups excluding carboxylic acids is 1. The molecule has 0 bridgehead atoms. The summed E-state index contributed by atoms with van der Waals surface area (Å²) in [5.41, 5.74) is 5.88. The number of fused-ring (bicyclic) bond motifs is 1. The normalized spacial score (nSPS) is 16.2. The van der Waals surface area contributed by atoms with Crippen molar-refractivity contribution >= 4 is 45.0 Å². The van der Waals surface area contributed by atoms with Gasteiger partial charge < -0.3 is 11.1 Å². The summed E-state index contributed by atoms with van der Waals surface area (Å²) < 4.78 is 0. The number of nitrogens with zero attached hydrogens (tertiary/aromatic N) is 2. The van der Waals surface area contributed by atoms with Gasteiger partial charge in [-0.3, -0.25) is 4.79 Å². The molecule has 1 saturated carbocycles. The molecule has 7 heteroatoms. The van der Waals surface area contributed by atoms with Crippen molar-refractivity contribution in [2.75, 3.05) is 11.5 Å². The molecule has 20 heavy (non-hydrogen) atoms. The summed E-state index contributed by atoms with van der Waals surface area (Å²) in [5, 5.41) is 6.40. The minimum Gasteiger partial charge on any atom is -0.383 e. The molecule has 5 nitrogen and oxygen atoms in total. The maximum absolute atomic E-state index is 11.8. The number of thiophene rings is 1. The Morgan fingerprint density at radius 3 is 3.15 bits per heavy atom. The second kappa shape index (κ2) is 5.57. The number of rotatable bonds is 5. The van der Waals surface area contributed by atoms with E-state index >= 15 is 0 Å². The molecule has 1 amide bonds. The molecule has 0 aromatic carbocycles. The Morgan fingerprint density at radius 2 is 2.40 bits per heavy atom. The average molecular weight is 308 g/mol. The van der Waals surface area contributed by atoms with Crippen LogP contribution in [0.5, 0.6) is 0 Å². The van der Waals surface area contributed by atoms with Crippen LogP contribution < -0.4 is 11.1 Å². The topological polar surface area (TPSA) is 80.9 Å². The molecule has 0 aliphatic heterocycles. The van der Waals surface area contributed by atoms with E-state index < -0.39 is 0 Å². The number of amides is 1. The van der Waals surface area contributed by atoms with Crippen molar-refractivity contribution in [3.63, 3.8) is 0 Å². The van der Waals surface area contributed by atoms with Crippen molar-refractivity contribution < 1.29 is 4.79 Å². The van der Waals surface area contributed by atoms with Crippen molar-refractivity contribution in [3.05, 3.63) is 11.4 Å². The molecular formula is C13H16N4OS2. The van der Waals surface area contributed by atoms with Crippen molar-refractivity contribution in [2.24, 2.45) is 5.92 Å². The molecule has 1 aliphatic carbocycles. The van der Waals surface area contributed by atoms with E-state index in [9.17, 15) is 4.79 Å². The van der Waals surface area contributed by atoms with Crippen LogP contribution in [0, 0.1) is 5.92 Å². The van der Waals surface area contributed by atoms with Gasteiger partial charge in [0.1, 0.15) is 10.6 Å². The summed E-state index contributed by atoms with van der Waals surface area (Å²) in [6.07, 6.45) is 2.45. The van der Waals surface area contributed by atoms with Crippen LogP contribution in [0.3, 0.4) is 0 Å². The van der Waals surface area contributed by atoms with E-state index in [1.807, 2.05) is 11.4 Å². The van der Waals surface area contributed by atoms with Crippen LogP contribution in [-0.4, -0.2) is 27.7 Å². The number of aromatic nitrogens is 2. The Bertz CT molecular complexity index is 638. The summed E-state index contributed by atoms with van der Waals surface area (Å²) in [4.78, 5) is 21.3. The largest absolute Gasteiger partial charge is 0.383 e. The summed E-state index contributed by atoms with van der Waals surface area (Å²) >= 11 is 2.86. The first-order chi connectivity index (χ1) is 9.63. The maximum atomic E-state index is 11.8. The number of anilines is 1. The molecule has 0 spiro atoms. The molecule has 2 heterocycles. The summed E-state index contributed by atoms with van der Waals surface area (Å²) in [5.74, 6) is 1.50. The zero-order valence-corrected chi connectivity index (χ0v) is 12.8. The van der Waals surface area contributed by atoms with E-state index in [2.05, 4.69) is 22.2 Å². The second-order valence-corrected chi connectivity index (χ2v) is 6.85. The van der Waals surface area contributed by atoms with E-state index in [1.165, 1.54) is 35.9 Å². The highest BCUT2D eigenvalue weighted by Gasteiger charge is 2.28. The fourth-order valence-corrected chi connectivity index (χ4v) is 3.55. The molecular weight excluding hydrogens is 292 g/mol. The first-order valence-electron chi connectivity index (χ1n) is 6.56. The molecule has 1 unspecified atom stereocenters. The molecule has 1 aliphatic rings. The van der Waals surface area contributed by atoms with Crippen LogP contribution >= 0.6 is 23.1 Å². The molecule has 2 aromatic heterocycles. The van der Waals surface area contributed by atoms with Crippen LogP contribution in [-0.2, 0) is 4.79 Å². The van der Waals surface area contributed by atoms with Crippen molar-refractivity contribution in [2.45, 2.75) is 31.0 Å². The predicted octanol–water partition coefficient (Wildman–Crippen LogP) is 2.28. The Labute approximate surface area is 125 Å². The Balaban J connectivity index is 1.59. The van der Waals surface area contributed by atoms with Gasteiger partial charge in [-0.1, -0.05) is 11.8 Å². The fourth-order valence-electron chi connectivity index (χ4n) is 2.06. The number of hydrogen-bond donors (Lipinski definition) is 2. The number of nitrogens with two attached hydrogens (primary N) is 1. The minimum atomic E-state index is 0.0304. The summed E-state index contributed by atoms with van der Waals surface area (Å²) in [7, 11) is 0. The lowest BCUT2D eigenvalue weighted by atomic mass is 10.2. The van der Waals surface area contributed by atoms with Crippen LogP contribution in [0.1, 0.15) is 19.8 Å². The van der Waals surface area contributed by atoms with Gasteiger partial charge >= 0.3 is 0 Å². The zero-order valence-electron chi connectivity index (χ0n) is 11.1. The number of carbonyl (C=O) groups is 1. The number of nitrogens with one attached hydrogen (secondary N) is 1. The van der Waals surface area contributed by atoms with Gasteiger partial charge in [-0.15, -0.1) is 11.3 Å². The van der Waals surface area contributed by atoms with Crippen molar-refractivity contribution in [3.8, 4) is 0 Å². The van der Waals surface area contributed by atoms with Crippen LogP contribution in [0.4, 0.5) is 5.82 Å². The minimum absolute atomic E-state index is 0.0304. The highest BCUT2D eigenvalue weighted by molar-refractivity contribution is 7.99. The number of nitrogen functional groups attached to an aromatic ring is 1. The SMILES string of the molecule is CC(NC(=O)CSc1nc(N)c2ccsc2n1)C1CC1. The molecule has 0 saturated heterocycles. The van der Waals surface area contributed by atoms with Gasteiger partial charge in [-0.2, -0.15) is 0 Å². The third-order valence-corrected chi connectivity index (χ3v) is 5.04. The first-order valence-corrected chi connectivity index (χ1v) is 8.43. The Hall–Kier alpha value is -1.34. The van der Waals surface area contributed by atoms with Gasteiger partial charge in [-0.05, 0) is 37.1 Å². The van der Waals surface area contributed by atoms with E-state index in [1.54, 1.807) is 0 Å². The molecule has 1 atom stereocenters. The van der Waals surface area contributed by atoms with Gasteiger partial charge in [-0.25, -0.2) is 9.97 Å². The lowest BCUT2D eigenvalue weighted by Crippen LogP contribution is -2.35. The van der Waals surface area contributed by atoms with E-state index in [4.69, 9.17) is 5.73 Å². The lowest BCUT2D eigenvalue weighted by molar-refractivity contribution is -0.119. The fraction of sp³-hybridized carbons (Fsp3) is 0.462. The Morgan fingerprint density at radius 1 is 1.60 bits per heavy atom. The zero-order chi connectivity index (χ0) is 14.1. The molecule has 0 radical (unpaired) electrons. The van der Waals surface area contributed by atoms with E-state index in [0.717, 1.165) is 10.2 Å². The van der Waals surface area contributed by atoms with Crippen LogP contribution in [0.2, 0.25) is 0 Å². The van der Waals surface area contributed by atoms with Crippen LogP contribution in [0.15, 0.2) is 16.6 Å². The third kappa shape index (κ3) is 3.04. The summed E-state index contributed by atoms with van der Waals surface area (Å²) in [6.45, 7) is 2.06. The second-order valence-electron chi connectivity index (χ2n) is 5.01. The van der Waals surface area contributed by atoms with E-state index in [0.29, 0.717) is 22.6 Å². The third-order valence-electron chi connectivity index (χ3n) is 3.38. The predicted molar refractivity (Wildman–Crippen MR) is 82.9 cm³/mol. The Kier molecular flexibility index (Phi) is 3.80. The average Bonchev–Trinajstić information content (AvgIpc) is 3.15. The standard InChI is InChI=1S/C13H16N4OS2/c1-7(8-2-3-8)15-10(18)6-20-13-16-11(14)9-4-5-19-12(9)17-13/h4-5,7-8H,2-3,6H2,1H3,(H,15,18)(H2,14,16,17). The van der Waals surface area contributed by atoms with Gasteiger partial charge in [0, 0.05) is 6.04 Å². The number of thioether (sulfide) groups is 1. The number of hydrogen-bond acceptors (Lipinski definition) is 6. The van der Waals surface area contributed by atoms with Gasteiger partial charge in [0.05, 0.1) is 11.1 Å². The van der Waals surface area contributed by atoms with Crippen molar-refractivity contribution in [1.29, 1.82) is 0 Å². The monoisotopic (exact) mass is 308 g/mol.